The van der Waals surface area contributed by atoms with Crippen molar-refractivity contribution in [1.82, 2.24) is 10.6 Å². The highest BCUT2D eigenvalue weighted by atomic mass is 16.4. The molecule has 1 atom stereocenters. The topological polar surface area (TPSA) is 78.4 Å². The van der Waals surface area contributed by atoms with E-state index in [1.807, 2.05) is 37.3 Å². The van der Waals surface area contributed by atoms with E-state index in [1.54, 1.807) is 0 Å². The van der Waals surface area contributed by atoms with E-state index in [1.165, 1.54) is 0 Å². The van der Waals surface area contributed by atoms with Gasteiger partial charge in [-0.3, -0.25) is 0 Å². The van der Waals surface area contributed by atoms with Gasteiger partial charge in [-0.15, -0.1) is 0 Å². The number of carbonyl (C=O) groups excluding carboxylic acids is 1. The fourth-order valence-corrected chi connectivity index (χ4v) is 1.64. The Balaban J connectivity index is 2.49. The van der Waals surface area contributed by atoms with Gasteiger partial charge in [-0.1, -0.05) is 43.7 Å². The monoisotopic (exact) mass is 264 g/mol. The number of carbonyl (C=O) groups is 2. The molecule has 0 bridgehead atoms. The van der Waals surface area contributed by atoms with Crippen LogP contribution in [-0.2, 0) is 11.2 Å². The number of rotatable bonds is 7. The maximum absolute atomic E-state index is 11.5. The first-order valence-electron chi connectivity index (χ1n) is 6.44. The molecule has 0 unspecified atom stereocenters. The normalized spacial score (nSPS) is 11.6. The van der Waals surface area contributed by atoms with Crippen LogP contribution in [-0.4, -0.2) is 29.7 Å². The summed E-state index contributed by atoms with van der Waals surface area (Å²) in [6.07, 6.45) is 2.13. The summed E-state index contributed by atoms with van der Waals surface area (Å²) in [5, 5.41) is 14.2. The van der Waals surface area contributed by atoms with Crippen LogP contribution in [0.2, 0.25) is 0 Å². The zero-order chi connectivity index (χ0) is 14.1. The molecule has 0 heterocycles. The number of hydrogen-bond acceptors (Lipinski definition) is 2. The van der Waals surface area contributed by atoms with E-state index >= 15 is 0 Å². The van der Waals surface area contributed by atoms with Crippen molar-refractivity contribution < 1.29 is 14.7 Å². The maximum atomic E-state index is 11.5. The first-order valence-corrected chi connectivity index (χ1v) is 6.44. The van der Waals surface area contributed by atoms with Gasteiger partial charge in [-0.2, -0.15) is 0 Å². The molecule has 1 aromatic rings. The van der Waals surface area contributed by atoms with E-state index in [0.29, 0.717) is 6.54 Å². The lowest BCUT2D eigenvalue weighted by atomic mass is 10.1. The molecule has 1 rings (SSSR count). The largest absolute Gasteiger partial charge is 0.480 e. The number of amides is 2. The Morgan fingerprint density at radius 2 is 1.95 bits per heavy atom. The second kappa shape index (κ2) is 8.13. The average Bonchev–Trinajstić information content (AvgIpc) is 2.39. The number of carboxylic acids is 1. The minimum atomic E-state index is -1.03. The number of nitrogens with one attached hydrogen (secondary N) is 2. The van der Waals surface area contributed by atoms with Gasteiger partial charge >= 0.3 is 12.0 Å². The molecule has 19 heavy (non-hydrogen) atoms. The Kier molecular flexibility index (Phi) is 6.43. The highest BCUT2D eigenvalue weighted by Crippen LogP contribution is 2.03. The van der Waals surface area contributed by atoms with Crippen molar-refractivity contribution in [2.24, 2.45) is 0 Å². The zero-order valence-corrected chi connectivity index (χ0v) is 11.1. The lowest BCUT2D eigenvalue weighted by molar-refractivity contribution is -0.139. The van der Waals surface area contributed by atoms with Crippen LogP contribution in [0.25, 0.3) is 0 Å². The smallest absolute Gasteiger partial charge is 0.326 e. The van der Waals surface area contributed by atoms with Gasteiger partial charge in [0.25, 0.3) is 0 Å². The predicted molar refractivity (Wildman–Crippen MR) is 73.0 cm³/mol. The van der Waals surface area contributed by atoms with E-state index in [2.05, 4.69) is 10.6 Å². The molecule has 5 nitrogen and oxygen atoms in total. The molecule has 0 aromatic heterocycles. The lowest BCUT2D eigenvalue weighted by Gasteiger charge is -2.15. The van der Waals surface area contributed by atoms with Crippen molar-refractivity contribution >= 4 is 12.0 Å². The fourth-order valence-electron chi connectivity index (χ4n) is 1.64. The van der Waals surface area contributed by atoms with Crippen molar-refractivity contribution in [3.63, 3.8) is 0 Å². The van der Waals surface area contributed by atoms with Crippen LogP contribution in [0.4, 0.5) is 4.79 Å². The highest BCUT2D eigenvalue weighted by Gasteiger charge is 2.19. The molecule has 3 N–H and O–H groups in total. The molecular formula is C14H20N2O3. The Hall–Kier alpha value is -2.04. The van der Waals surface area contributed by atoms with Gasteiger partial charge < -0.3 is 15.7 Å². The molecule has 0 radical (unpaired) electrons. The number of unbranched alkanes of at least 4 members (excludes halogenated alkanes) is 1. The molecule has 2 amide bonds. The van der Waals surface area contributed by atoms with Crippen LogP contribution < -0.4 is 10.6 Å². The molecule has 1 aromatic carbocycles. The van der Waals surface area contributed by atoms with Gasteiger partial charge in [-0.05, 0) is 12.0 Å². The van der Waals surface area contributed by atoms with Crippen molar-refractivity contribution in [1.29, 1.82) is 0 Å². The van der Waals surface area contributed by atoms with E-state index in [-0.39, 0.29) is 6.42 Å². The van der Waals surface area contributed by atoms with Crippen LogP contribution >= 0.6 is 0 Å². The van der Waals surface area contributed by atoms with E-state index < -0.39 is 18.0 Å². The third kappa shape index (κ3) is 5.90. The highest BCUT2D eigenvalue weighted by molar-refractivity contribution is 5.82. The Morgan fingerprint density at radius 3 is 2.53 bits per heavy atom. The van der Waals surface area contributed by atoms with E-state index in [4.69, 9.17) is 5.11 Å². The summed E-state index contributed by atoms with van der Waals surface area (Å²) < 4.78 is 0. The molecule has 0 saturated carbocycles. The summed E-state index contributed by atoms with van der Waals surface area (Å²) in [5.74, 6) is -1.03. The van der Waals surface area contributed by atoms with Crippen LogP contribution in [0, 0.1) is 0 Å². The van der Waals surface area contributed by atoms with Crippen LogP contribution in [0.3, 0.4) is 0 Å². The predicted octanol–water partition coefficient (Wildman–Crippen LogP) is 1.78. The Morgan fingerprint density at radius 1 is 1.26 bits per heavy atom. The Bertz CT molecular complexity index is 406. The summed E-state index contributed by atoms with van der Waals surface area (Å²) in [6.45, 7) is 2.58. The number of carboxylic acid groups (broad SMARTS) is 1. The molecule has 0 saturated heterocycles. The molecule has 0 aliphatic heterocycles. The average molecular weight is 264 g/mol. The molecule has 0 fully saturated rings. The standard InChI is InChI=1S/C14H20N2O3/c1-2-3-9-15-14(19)16-12(13(17)18)10-11-7-5-4-6-8-11/h4-8,12H,2-3,9-10H2,1H3,(H,17,18)(H2,15,16,19)/t12-/m1/s1. The first-order chi connectivity index (χ1) is 9.13. The second-order valence-electron chi connectivity index (χ2n) is 4.33. The van der Waals surface area contributed by atoms with Gasteiger partial charge in [0.2, 0.25) is 0 Å². The lowest BCUT2D eigenvalue weighted by Crippen LogP contribution is -2.47. The number of hydrogen-bond donors (Lipinski definition) is 3. The number of aliphatic carboxylic acids is 1. The Labute approximate surface area is 113 Å². The van der Waals surface area contributed by atoms with Crippen LogP contribution in [0.15, 0.2) is 30.3 Å². The van der Waals surface area contributed by atoms with Crippen LogP contribution in [0.1, 0.15) is 25.3 Å². The van der Waals surface area contributed by atoms with Crippen molar-refractivity contribution in [2.75, 3.05) is 6.54 Å². The van der Waals surface area contributed by atoms with Crippen molar-refractivity contribution in [3.8, 4) is 0 Å². The summed E-state index contributed by atoms with van der Waals surface area (Å²) in [7, 11) is 0. The molecule has 0 aliphatic rings. The molecule has 5 heteroatoms. The zero-order valence-electron chi connectivity index (χ0n) is 11.1. The summed E-state index contributed by atoms with van der Waals surface area (Å²) in [4.78, 5) is 22.7. The van der Waals surface area contributed by atoms with Gasteiger partial charge in [0.15, 0.2) is 0 Å². The third-order valence-electron chi connectivity index (χ3n) is 2.70. The summed E-state index contributed by atoms with van der Waals surface area (Å²) >= 11 is 0. The maximum Gasteiger partial charge on any atom is 0.326 e. The summed E-state index contributed by atoms with van der Waals surface area (Å²) in [5.41, 5.74) is 0.878. The van der Waals surface area contributed by atoms with Gasteiger partial charge in [0.1, 0.15) is 6.04 Å². The van der Waals surface area contributed by atoms with Gasteiger partial charge in [0.05, 0.1) is 0 Å². The van der Waals surface area contributed by atoms with E-state index in [9.17, 15) is 9.59 Å². The molecule has 0 spiro atoms. The third-order valence-corrected chi connectivity index (χ3v) is 2.70. The molecular weight excluding hydrogens is 244 g/mol. The fraction of sp³-hybridized carbons (Fsp3) is 0.429. The SMILES string of the molecule is CCCCNC(=O)N[C@H](Cc1ccccc1)C(=O)O. The number of urea groups is 1. The van der Waals surface area contributed by atoms with E-state index in [0.717, 1.165) is 18.4 Å². The minimum absolute atomic E-state index is 0.275. The minimum Gasteiger partial charge on any atom is -0.480 e. The van der Waals surface area contributed by atoms with Crippen LogP contribution in [0.5, 0.6) is 0 Å². The molecule has 0 aliphatic carbocycles. The van der Waals surface area contributed by atoms with Gasteiger partial charge in [-0.25, -0.2) is 9.59 Å². The van der Waals surface area contributed by atoms with Crippen molar-refractivity contribution in [2.45, 2.75) is 32.2 Å². The van der Waals surface area contributed by atoms with Gasteiger partial charge in [0, 0.05) is 13.0 Å². The summed E-state index contributed by atoms with van der Waals surface area (Å²) in [6, 6.07) is 7.88. The molecule has 104 valence electrons. The first kappa shape index (κ1) is 15.0. The second-order valence-corrected chi connectivity index (χ2v) is 4.33. The number of benzene rings is 1. The van der Waals surface area contributed by atoms with Crippen molar-refractivity contribution in [3.05, 3.63) is 35.9 Å². The quantitative estimate of drug-likeness (QED) is 0.657.